The molecule has 0 aliphatic carbocycles. The largest absolute Gasteiger partial charge is 0.386 e. The van der Waals surface area contributed by atoms with Crippen LogP contribution in [0.5, 0.6) is 0 Å². The molecule has 1 unspecified atom stereocenters. The summed E-state index contributed by atoms with van der Waals surface area (Å²) >= 11 is 0. The molecular formula is C12H14F2N2O2. The summed E-state index contributed by atoms with van der Waals surface area (Å²) in [6.45, 7) is 1.00. The van der Waals surface area contributed by atoms with Gasteiger partial charge in [0.1, 0.15) is 0 Å². The molecule has 0 radical (unpaired) electrons. The lowest BCUT2D eigenvalue weighted by Gasteiger charge is -2.20. The molecule has 1 aliphatic rings. The highest BCUT2D eigenvalue weighted by atomic mass is 19.2. The van der Waals surface area contributed by atoms with Crippen molar-refractivity contribution in [3.8, 4) is 0 Å². The third-order valence-electron chi connectivity index (χ3n) is 3.04. The van der Waals surface area contributed by atoms with Crippen molar-refractivity contribution in [2.45, 2.75) is 6.10 Å². The fraction of sp³-hybridized carbons (Fsp3) is 0.417. The van der Waals surface area contributed by atoms with Crippen LogP contribution in [-0.4, -0.2) is 47.6 Å². The second-order valence-electron chi connectivity index (χ2n) is 4.31. The Morgan fingerprint density at radius 3 is 2.72 bits per heavy atom. The van der Waals surface area contributed by atoms with Crippen LogP contribution in [0.25, 0.3) is 0 Å². The van der Waals surface area contributed by atoms with Gasteiger partial charge in [0.2, 0.25) is 0 Å². The van der Waals surface area contributed by atoms with Crippen LogP contribution in [0.4, 0.5) is 13.6 Å². The number of amides is 2. The van der Waals surface area contributed by atoms with Gasteiger partial charge in [-0.05, 0) is 6.07 Å². The van der Waals surface area contributed by atoms with Gasteiger partial charge in [-0.3, -0.25) is 0 Å². The van der Waals surface area contributed by atoms with E-state index in [-0.39, 0.29) is 18.1 Å². The molecule has 1 atom stereocenters. The lowest BCUT2D eigenvalue weighted by atomic mass is 10.1. The van der Waals surface area contributed by atoms with Gasteiger partial charge in [-0.1, -0.05) is 12.1 Å². The number of hydrogen-bond acceptors (Lipinski definition) is 2. The number of benzene rings is 1. The molecule has 0 saturated carbocycles. The van der Waals surface area contributed by atoms with Crippen molar-refractivity contribution in [1.29, 1.82) is 0 Å². The minimum absolute atomic E-state index is 0.0381. The maximum atomic E-state index is 13.5. The Hall–Kier alpha value is -1.69. The summed E-state index contributed by atoms with van der Waals surface area (Å²) < 4.78 is 26.5. The number of urea groups is 1. The third-order valence-corrected chi connectivity index (χ3v) is 3.04. The molecule has 1 heterocycles. The summed E-state index contributed by atoms with van der Waals surface area (Å²) in [6.07, 6.45) is -1.23. The summed E-state index contributed by atoms with van der Waals surface area (Å²) in [5, 5.41) is 9.87. The summed E-state index contributed by atoms with van der Waals surface area (Å²) in [6, 6.07) is 3.41. The summed E-state index contributed by atoms with van der Waals surface area (Å²) in [7, 11) is 1.65. The van der Waals surface area contributed by atoms with Crippen LogP contribution in [0, 0.1) is 11.6 Å². The zero-order chi connectivity index (χ0) is 13.3. The molecule has 2 amide bonds. The van der Waals surface area contributed by atoms with Gasteiger partial charge < -0.3 is 14.9 Å². The Morgan fingerprint density at radius 1 is 1.39 bits per heavy atom. The Bertz CT molecular complexity index is 467. The third kappa shape index (κ3) is 2.28. The molecule has 2 rings (SSSR count). The maximum absolute atomic E-state index is 13.5. The van der Waals surface area contributed by atoms with Gasteiger partial charge in [-0.15, -0.1) is 0 Å². The molecule has 1 saturated heterocycles. The van der Waals surface area contributed by atoms with Crippen LogP contribution < -0.4 is 0 Å². The smallest absolute Gasteiger partial charge is 0.319 e. The first-order valence-electron chi connectivity index (χ1n) is 5.62. The molecule has 4 nitrogen and oxygen atoms in total. The second kappa shape index (κ2) is 4.89. The van der Waals surface area contributed by atoms with Crippen LogP contribution in [-0.2, 0) is 0 Å². The molecule has 1 aliphatic heterocycles. The van der Waals surface area contributed by atoms with Crippen molar-refractivity contribution in [1.82, 2.24) is 9.80 Å². The van der Waals surface area contributed by atoms with Crippen LogP contribution in [0.2, 0.25) is 0 Å². The normalized spacial score (nSPS) is 17.4. The minimum Gasteiger partial charge on any atom is -0.386 e. The van der Waals surface area contributed by atoms with Crippen molar-refractivity contribution in [3.63, 3.8) is 0 Å². The van der Waals surface area contributed by atoms with E-state index in [1.165, 1.54) is 21.9 Å². The van der Waals surface area contributed by atoms with Gasteiger partial charge in [0.25, 0.3) is 0 Å². The molecule has 6 heteroatoms. The Kier molecular flexibility index (Phi) is 3.47. The van der Waals surface area contributed by atoms with E-state index in [4.69, 9.17) is 0 Å². The van der Waals surface area contributed by atoms with Crippen molar-refractivity contribution < 1.29 is 18.7 Å². The molecular weight excluding hydrogens is 242 g/mol. The zero-order valence-corrected chi connectivity index (χ0v) is 9.94. The number of aliphatic hydroxyl groups is 1. The molecule has 1 N–H and O–H groups in total. The van der Waals surface area contributed by atoms with Gasteiger partial charge in [-0.2, -0.15) is 0 Å². The Balaban J connectivity index is 2.10. The molecule has 0 bridgehead atoms. The van der Waals surface area contributed by atoms with E-state index in [2.05, 4.69) is 0 Å². The lowest BCUT2D eigenvalue weighted by molar-refractivity contribution is 0.125. The number of hydrogen-bond donors (Lipinski definition) is 1. The molecule has 18 heavy (non-hydrogen) atoms. The molecule has 1 aromatic carbocycles. The predicted octanol–water partition coefficient (Wildman–Crippen LogP) is 1.37. The standard InChI is InChI=1S/C12H14F2N2O2/c1-15-5-6-16(12(15)18)7-10(17)8-3-2-4-9(13)11(8)14/h2-4,10,17H,5-7H2,1H3. The fourth-order valence-electron chi connectivity index (χ4n) is 1.96. The quantitative estimate of drug-likeness (QED) is 0.887. The molecule has 0 spiro atoms. The summed E-state index contributed by atoms with van der Waals surface area (Å²) in [5.74, 6) is -2.07. The zero-order valence-electron chi connectivity index (χ0n) is 9.94. The SMILES string of the molecule is CN1CCN(CC(O)c2cccc(F)c2F)C1=O. The van der Waals surface area contributed by atoms with Crippen molar-refractivity contribution >= 4 is 6.03 Å². The Labute approximate surface area is 103 Å². The van der Waals surface area contributed by atoms with Gasteiger partial charge in [0.05, 0.1) is 12.6 Å². The number of carbonyl (C=O) groups excluding carboxylic acids is 1. The molecule has 1 fully saturated rings. The first-order chi connectivity index (χ1) is 8.50. The highest BCUT2D eigenvalue weighted by Crippen LogP contribution is 2.21. The van der Waals surface area contributed by atoms with Gasteiger partial charge in [0.15, 0.2) is 11.6 Å². The molecule has 0 aromatic heterocycles. The van der Waals surface area contributed by atoms with E-state index in [9.17, 15) is 18.7 Å². The average molecular weight is 256 g/mol. The summed E-state index contributed by atoms with van der Waals surface area (Å²) in [5.41, 5.74) is -0.127. The number of nitrogens with zero attached hydrogens (tertiary/aromatic N) is 2. The maximum Gasteiger partial charge on any atom is 0.319 e. The van der Waals surface area contributed by atoms with Gasteiger partial charge in [0, 0.05) is 25.7 Å². The van der Waals surface area contributed by atoms with Gasteiger partial charge in [-0.25, -0.2) is 13.6 Å². The number of aliphatic hydroxyl groups excluding tert-OH is 1. The highest BCUT2D eigenvalue weighted by Gasteiger charge is 2.28. The Morgan fingerprint density at radius 2 is 2.11 bits per heavy atom. The first-order valence-corrected chi connectivity index (χ1v) is 5.62. The number of β-amino-alcohol motifs (C(OH)–C–C–N with tert-alkyl or cyclic N) is 1. The fourth-order valence-corrected chi connectivity index (χ4v) is 1.96. The van der Waals surface area contributed by atoms with Crippen LogP contribution in [0.15, 0.2) is 18.2 Å². The topological polar surface area (TPSA) is 43.8 Å². The van der Waals surface area contributed by atoms with Crippen LogP contribution >= 0.6 is 0 Å². The molecule has 1 aromatic rings. The lowest BCUT2D eigenvalue weighted by Crippen LogP contribution is -2.33. The van der Waals surface area contributed by atoms with Crippen molar-refractivity contribution in [3.05, 3.63) is 35.4 Å². The highest BCUT2D eigenvalue weighted by molar-refractivity contribution is 5.76. The van der Waals surface area contributed by atoms with Crippen molar-refractivity contribution in [2.24, 2.45) is 0 Å². The summed E-state index contributed by atoms with van der Waals surface area (Å²) in [4.78, 5) is 14.5. The van der Waals surface area contributed by atoms with E-state index in [0.717, 1.165) is 6.07 Å². The van der Waals surface area contributed by atoms with Gasteiger partial charge >= 0.3 is 6.03 Å². The van der Waals surface area contributed by atoms with E-state index < -0.39 is 17.7 Å². The predicted molar refractivity (Wildman–Crippen MR) is 60.9 cm³/mol. The van der Waals surface area contributed by atoms with E-state index in [0.29, 0.717) is 13.1 Å². The number of carbonyl (C=O) groups is 1. The average Bonchev–Trinajstić information content (AvgIpc) is 2.64. The second-order valence-corrected chi connectivity index (χ2v) is 4.31. The number of rotatable bonds is 3. The van der Waals surface area contributed by atoms with E-state index in [1.54, 1.807) is 7.05 Å². The van der Waals surface area contributed by atoms with Crippen LogP contribution in [0.1, 0.15) is 11.7 Å². The van der Waals surface area contributed by atoms with Crippen LogP contribution in [0.3, 0.4) is 0 Å². The van der Waals surface area contributed by atoms with E-state index in [1.807, 2.05) is 0 Å². The minimum atomic E-state index is -1.23. The number of halogens is 2. The monoisotopic (exact) mass is 256 g/mol. The van der Waals surface area contributed by atoms with E-state index >= 15 is 0 Å². The molecule has 98 valence electrons. The number of likely N-dealkylation sites (N-methyl/N-ethyl adjacent to an activating group) is 1. The first kappa shape index (κ1) is 12.8. The van der Waals surface area contributed by atoms with Crippen molar-refractivity contribution in [2.75, 3.05) is 26.7 Å².